The van der Waals surface area contributed by atoms with Gasteiger partial charge in [0.05, 0.1) is 112 Å². The Kier molecular flexibility index (Phi) is 32.7. The molecule has 394 valence electrons. The van der Waals surface area contributed by atoms with Crippen molar-refractivity contribution in [3.8, 4) is 0 Å². The maximum atomic E-state index is 13.3. The third-order valence-electron chi connectivity index (χ3n) is 9.03. The molecule has 1 aliphatic heterocycles. The Balaban J connectivity index is 2.41. The molecule has 26 heteroatoms. The lowest BCUT2D eigenvalue weighted by Gasteiger charge is -2.27. The third-order valence-corrected chi connectivity index (χ3v) is 9.03. The van der Waals surface area contributed by atoms with Gasteiger partial charge in [0.15, 0.2) is 0 Å². The molecule has 0 aromatic carbocycles. The number of likely N-dealkylation sites (N-methyl/N-ethyl adjacent to an activating group) is 2. The molecule has 1 aliphatic rings. The number of nitrogens with one attached hydrogen (secondary N) is 1. The first-order valence-electron chi connectivity index (χ1n) is 22.6. The van der Waals surface area contributed by atoms with Crippen molar-refractivity contribution in [3.63, 3.8) is 0 Å². The Labute approximate surface area is 402 Å². The fourth-order valence-electron chi connectivity index (χ4n) is 5.20. The highest BCUT2D eigenvalue weighted by Crippen LogP contribution is 2.12. The topological polar surface area (TPSA) is 291 Å². The van der Waals surface area contributed by atoms with Gasteiger partial charge in [-0.25, -0.2) is 14.4 Å². The lowest BCUT2D eigenvalue weighted by atomic mass is 10.2. The van der Waals surface area contributed by atoms with Gasteiger partial charge >= 0.3 is 18.0 Å². The summed E-state index contributed by atoms with van der Waals surface area (Å²) in [6, 6.07) is 0. The molecule has 1 rings (SSSR count). The quantitative estimate of drug-likeness (QED) is 0.0337. The number of hydroxylamine groups is 4. The van der Waals surface area contributed by atoms with E-state index in [1.807, 2.05) is 0 Å². The van der Waals surface area contributed by atoms with Gasteiger partial charge in [0.1, 0.15) is 25.0 Å². The minimum Gasteiger partial charge on any atom is -0.444 e. The number of nitrogens with zero attached hydrogens (tertiary/aromatic N) is 5. The van der Waals surface area contributed by atoms with Crippen molar-refractivity contribution >= 4 is 59.8 Å². The summed E-state index contributed by atoms with van der Waals surface area (Å²) < 4.78 is 43.3. The first-order valence-corrected chi connectivity index (χ1v) is 22.6. The number of amides is 7. The van der Waals surface area contributed by atoms with Gasteiger partial charge in [0, 0.05) is 66.5 Å². The van der Waals surface area contributed by atoms with Gasteiger partial charge in [0.25, 0.3) is 17.7 Å². The molecule has 1 fully saturated rings. The smallest absolute Gasteiger partial charge is 0.407 e. The second-order valence-electron chi connectivity index (χ2n) is 16.0. The van der Waals surface area contributed by atoms with Crippen molar-refractivity contribution in [2.75, 3.05) is 146 Å². The number of imide groups is 1. The second-order valence-corrected chi connectivity index (χ2v) is 16.0. The highest BCUT2D eigenvalue weighted by Gasteiger charge is 2.32. The van der Waals surface area contributed by atoms with Gasteiger partial charge < -0.3 is 72.4 Å². The van der Waals surface area contributed by atoms with E-state index in [2.05, 4.69) is 5.32 Å². The molecule has 0 radical (unpaired) electrons. The van der Waals surface area contributed by atoms with Gasteiger partial charge in [-0.05, 0) is 20.8 Å². The normalized spacial score (nSPS) is 12.3. The zero-order valence-corrected chi connectivity index (χ0v) is 40.9. The van der Waals surface area contributed by atoms with Gasteiger partial charge in [-0.1, -0.05) is 0 Å². The summed E-state index contributed by atoms with van der Waals surface area (Å²) >= 11 is 0. The van der Waals surface area contributed by atoms with Crippen LogP contribution in [0.2, 0.25) is 0 Å². The average molecular weight is 993 g/mol. The molecule has 0 unspecified atom stereocenters. The van der Waals surface area contributed by atoms with Gasteiger partial charge in [0.2, 0.25) is 17.7 Å². The number of carbonyl (C=O) groups is 10. The minimum absolute atomic E-state index is 0.00262. The second kappa shape index (κ2) is 36.6. The molecule has 1 heterocycles. The number of ether oxygens (including phenoxy) is 8. The van der Waals surface area contributed by atoms with E-state index in [0.29, 0.717) is 11.3 Å². The monoisotopic (exact) mass is 992 g/mol. The molecule has 0 spiro atoms. The van der Waals surface area contributed by atoms with E-state index in [4.69, 9.17) is 47.6 Å². The molecule has 0 aliphatic carbocycles. The first-order chi connectivity index (χ1) is 32.8. The first kappa shape index (κ1) is 61.6. The molecule has 69 heavy (non-hydrogen) atoms. The number of hydrogen-bond acceptors (Lipinski definition) is 20. The number of hydrogen-bond donors (Lipinski definition) is 1. The fourth-order valence-corrected chi connectivity index (χ4v) is 5.20. The van der Waals surface area contributed by atoms with Crippen LogP contribution in [-0.4, -0.2) is 237 Å². The van der Waals surface area contributed by atoms with Crippen molar-refractivity contribution in [1.29, 1.82) is 0 Å². The lowest BCUT2D eigenvalue weighted by Crippen LogP contribution is -2.47. The summed E-state index contributed by atoms with van der Waals surface area (Å²) in [5.74, 6) is -4.45. The summed E-state index contributed by atoms with van der Waals surface area (Å²) in [5, 5.41) is 3.81. The Morgan fingerprint density at radius 2 is 1.00 bits per heavy atom. The van der Waals surface area contributed by atoms with Gasteiger partial charge in [-0.15, -0.1) is 5.06 Å². The zero-order chi connectivity index (χ0) is 51.5. The number of rotatable bonds is 38. The maximum absolute atomic E-state index is 13.3. The highest BCUT2D eigenvalue weighted by molar-refractivity contribution is 6.01. The Morgan fingerprint density at radius 1 is 0.565 bits per heavy atom. The van der Waals surface area contributed by atoms with E-state index in [1.54, 1.807) is 20.8 Å². The van der Waals surface area contributed by atoms with Crippen molar-refractivity contribution in [3.05, 3.63) is 0 Å². The Bertz CT molecular complexity index is 1600. The molecule has 26 nitrogen and oxygen atoms in total. The molecule has 7 amide bonds. The van der Waals surface area contributed by atoms with Crippen LogP contribution < -0.4 is 5.32 Å². The van der Waals surface area contributed by atoms with E-state index < -0.39 is 72.2 Å². The van der Waals surface area contributed by atoms with Crippen molar-refractivity contribution < 1.29 is 95.5 Å². The van der Waals surface area contributed by atoms with E-state index in [-0.39, 0.29) is 157 Å². The number of alkyl carbamates (subject to hydrolysis) is 1. The largest absolute Gasteiger partial charge is 0.444 e. The van der Waals surface area contributed by atoms with Crippen LogP contribution in [0.1, 0.15) is 65.7 Å². The minimum atomic E-state index is -0.766. The maximum Gasteiger partial charge on any atom is 0.407 e. The summed E-state index contributed by atoms with van der Waals surface area (Å²) in [5.41, 5.74) is -0.668. The fraction of sp³-hybridized carbons (Fsp3) is 0.767. The van der Waals surface area contributed by atoms with Crippen molar-refractivity contribution in [1.82, 2.24) is 30.1 Å². The Hall–Kier alpha value is -5.38. The molecule has 0 aromatic rings. The highest BCUT2D eigenvalue weighted by atomic mass is 16.7. The van der Waals surface area contributed by atoms with Crippen molar-refractivity contribution in [2.45, 2.75) is 71.3 Å². The van der Waals surface area contributed by atoms with Gasteiger partial charge in [-0.3, -0.25) is 28.8 Å². The van der Waals surface area contributed by atoms with Crippen LogP contribution in [-0.2, 0) is 90.7 Å². The van der Waals surface area contributed by atoms with Crippen LogP contribution in [0.5, 0.6) is 0 Å². The molecular formula is C43H72N6O20. The molecule has 0 saturated carbocycles. The van der Waals surface area contributed by atoms with Crippen LogP contribution in [0.15, 0.2) is 0 Å². The van der Waals surface area contributed by atoms with E-state index in [0.717, 1.165) is 9.96 Å². The zero-order valence-electron chi connectivity index (χ0n) is 40.9. The molecule has 0 bridgehead atoms. The van der Waals surface area contributed by atoms with Gasteiger partial charge in [-0.2, -0.15) is 5.06 Å². The molecule has 0 aromatic heterocycles. The summed E-state index contributed by atoms with van der Waals surface area (Å²) in [7, 11) is 4.36. The molecule has 0 atom stereocenters. The summed E-state index contributed by atoms with van der Waals surface area (Å²) in [6.07, 6.45) is -0.426. The molecular weight excluding hydrogens is 920 g/mol. The number of aldehydes is 1. The summed E-state index contributed by atoms with van der Waals surface area (Å²) in [4.78, 5) is 134. The van der Waals surface area contributed by atoms with Crippen LogP contribution in [0.25, 0.3) is 0 Å². The van der Waals surface area contributed by atoms with E-state index in [1.165, 1.54) is 30.9 Å². The standard InChI is InChI=1S/C43H72N6O20/c1-43(2,3)67-42(59)44-14-21-60-18-11-35(52)48(32-38(55)45(4)15-22-63-26-30-65-28-24-61-19-12-40(57)68-47(6)34(51)8-7-17-50)33-39(56)46(5)16-23-64-27-31-66-29-25-62-20-13-41(58)69-49-36(53)9-10-37(49)54/h17H,7-16,18-33H2,1-6H3,(H,44,59). The SMILES string of the molecule is CN(CCOCCOCCOCCC(=O)ON(C)C(=O)CCC=O)C(=O)CN(CC(=O)N(C)CCOCCOCCOCCC(=O)ON1C(=O)CCC1=O)C(=O)CCOCCNC(=O)OC(C)(C)C. The molecule has 1 N–H and O–H groups in total. The van der Waals surface area contributed by atoms with Crippen LogP contribution in [0.3, 0.4) is 0 Å². The Morgan fingerprint density at radius 3 is 1.48 bits per heavy atom. The van der Waals surface area contributed by atoms with Crippen LogP contribution in [0.4, 0.5) is 4.79 Å². The predicted molar refractivity (Wildman–Crippen MR) is 237 cm³/mol. The summed E-state index contributed by atoms with van der Waals surface area (Å²) in [6.45, 7) is 6.93. The van der Waals surface area contributed by atoms with Crippen LogP contribution in [0, 0.1) is 0 Å². The van der Waals surface area contributed by atoms with E-state index in [9.17, 15) is 47.9 Å². The predicted octanol–water partition coefficient (Wildman–Crippen LogP) is -0.954. The van der Waals surface area contributed by atoms with Crippen LogP contribution >= 0.6 is 0 Å². The third kappa shape index (κ3) is 31.4. The van der Waals surface area contributed by atoms with E-state index >= 15 is 0 Å². The number of carbonyl (C=O) groups excluding carboxylic acids is 10. The van der Waals surface area contributed by atoms with Crippen molar-refractivity contribution in [2.24, 2.45) is 0 Å². The molecule has 1 saturated heterocycles. The lowest BCUT2D eigenvalue weighted by molar-refractivity contribution is -0.198. The average Bonchev–Trinajstić information content (AvgIpc) is 3.60.